The summed E-state index contributed by atoms with van der Waals surface area (Å²) in [6.45, 7) is 2.23. The molecule has 1 aliphatic carbocycles. The Morgan fingerprint density at radius 3 is 2.37 bits per heavy atom. The molecule has 0 radical (unpaired) electrons. The minimum absolute atomic E-state index is 0.178. The van der Waals surface area contributed by atoms with E-state index in [2.05, 4.69) is 48.0 Å². The van der Waals surface area contributed by atoms with E-state index >= 15 is 0 Å². The molecule has 1 aliphatic rings. The quantitative estimate of drug-likeness (QED) is 0.338. The van der Waals surface area contributed by atoms with Gasteiger partial charge in [0.25, 0.3) is 0 Å². The van der Waals surface area contributed by atoms with Crippen LogP contribution in [-0.2, 0) is 6.42 Å². The van der Waals surface area contributed by atoms with E-state index in [4.69, 9.17) is 0 Å². The van der Waals surface area contributed by atoms with Crippen molar-refractivity contribution < 1.29 is 8.78 Å². The maximum absolute atomic E-state index is 13.6. The van der Waals surface area contributed by atoms with Gasteiger partial charge in [-0.2, -0.15) is 13.8 Å². The van der Waals surface area contributed by atoms with Gasteiger partial charge in [-0.3, -0.25) is 0 Å². The first-order chi connectivity index (χ1) is 13.2. The fraction of sp³-hybridized carbons (Fsp3) is 0.458. The van der Waals surface area contributed by atoms with Gasteiger partial charge in [0.2, 0.25) is 11.9 Å². The number of unbranched alkanes of at least 4 members (excludes halogenated alkanes) is 2. The number of aromatic nitrogens is 1. The summed E-state index contributed by atoms with van der Waals surface area (Å²) in [7, 11) is 0. The smallest absolute Gasteiger partial charge is 0.189 e. The second kappa shape index (κ2) is 9.65. The lowest BCUT2D eigenvalue weighted by atomic mass is 9.78. The molecule has 142 valence electrons. The molecule has 0 aliphatic heterocycles. The van der Waals surface area contributed by atoms with E-state index in [0.29, 0.717) is 5.92 Å². The summed E-state index contributed by atoms with van der Waals surface area (Å²) in [6.07, 6.45) is 9.25. The molecule has 0 atom stereocenters. The summed E-state index contributed by atoms with van der Waals surface area (Å²) in [4.78, 5) is 3.18. The summed E-state index contributed by atoms with van der Waals surface area (Å²) in [6, 6.07) is 11.6. The molecule has 3 rings (SSSR count). The van der Waals surface area contributed by atoms with Gasteiger partial charge in [-0.25, -0.2) is 0 Å². The molecule has 1 heterocycles. The Morgan fingerprint density at radius 2 is 1.70 bits per heavy atom. The van der Waals surface area contributed by atoms with Crippen molar-refractivity contribution in [2.45, 2.75) is 64.2 Å². The highest BCUT2D eigenvalue weighted by Gasteiger charge is 2.21. The summed E-state index contributed by atoms with van der Waals surface area (Å²) in [5.41, 5.74) is 3.04. The fourth-order valence-electron chi connectivity index (χ4n) is 3.79. The van der Waals surface area contributed by atoms with E-state index < -0.39 is 11.9 Å². The Balaban J connectivity index is 1.52. The van der Waals surface area contributed by atoms with E-state index in [0.717, 1.165) is 31.7 Å². The van der Waals surface area contributed by atoms with Gasteiger partial charge in [-0.05, 0) is 67.7 Å². The maximum Gasteiger partial charge on any atom is 0.231 e. The van der Waals surface area contributed by atoms with E-state index in [1.165, 1.54) is 42.9 Å². The highest BCUT2D eigenvalue weighted by Crippen LogP contribution is 2.35. The normalized spacial score (nSPS) is 19.4. The van der Waals surface area contributed by atoms with Crippen molar-refractivity contribution in [1.29, 1.82) is 0 Å². The summed E-state index contributed by atoms with van der Waals surface area (Å²) < 4.78 is 26.4. The highest BCUT2D eigenvalue weighted by molar-refractivity contribution is 5.33. The highest BCUT2D eigenvalue weighted by atomic mass is 19.1. The monoisotopic (exact) mass is 367 g/mol. The zero-order valence-corrected chi connectivity index (χ0v) is 16.0. The second-order valence-corrected chi connectivity index (χ2v) is 7.49. The van der Waals surface area contributed by atoms with Gasteiger partial charge in [0.1, 0.15) is 0 Å². The lowest BCUT2D eigenvalue weighted by Gasteiger charge is -2.26. The average Bonchev–Trinajstić information content (AvgIpc) is 2.69. The van der Waals surface area contributed by atoms with Crippen LogP contribution in [-0.4, -0.2) is 4.98 Å². The molecule has 0 saturated heterocycles. The van der Waals surface area contributed by atoms with Gasteiger partial charge in [0.05, 0.1) is 5.56 Å². The van der Waals surface area contributed by atoms with Gasteiger partial charge < -0.3 is 0 Å². The number of benzene rings is 1. The lowest BCUT2D eigenvalue weighted by molar-refractivity contribution is 0.384. The number of halogens is 2. The van der Waals surface area contributed by atoms with Crippen molar-refractivity contribution >= 4 is 0 Å². The number of nitrogens with zero attached hydrogens (tertiary/aromatic N) is 1. The minimum atomic E-state index is -0.824. The van der Waals surface area contributed by atoms with Crippen LogP contribution >= 0.6 is 0 Å². The number of hydrogen-bond donors (Lipinski definition) is 0. The van der Waals surface area contributed by atoms with Crippen LogP contribution in [0.4, 0.5) is 8.78 Å². The van der Waals surface area contributed by atoms with Gasteiger partial charge >= 0.3 is 0 Å². The van der Waals surface area contributed by atoms with E-state index in [1.807, 2.05) is 0 Å². The molecule has 0 spiro atoms. The average molecular weight is 367 g/mol. The predicted molar refractivity (Wildman–Crippen MR) is 105 cm³/mol. The number of hydrogen-bond acceptors (Lipinski definition) is 1. The van der Waals surface area contributed by atoms with Crippen LogP contribution in [0.3, 0.4) is 0 Å². The van der Waals surface area contributed by atoms with Crippen LogP contribution in [0.5, 0.6) is 0 Å². The SMILES string of the molecule is CCCCCc1ccc([C@H]2CC[C@H](C#Cc3ccc(F)nc3F)CC2)cc1. The van der Waals surface area contributed by atoms with Crippen LogP contribution in [0.2, 0.25) is 0 Å². The molecule has 0 bridgehead atoms. The number of rotatable bonds is 5. The summed E-state index contributed by atoms with van der Waals surface area (Å²) in [5.74, 6) is 5.23. The third kappa shape index (κ3) is 5.63. The molecule has 1 aromatic carbocycles. The molecule has 27 heavy (non-hydrogen) atoms. The number of pyridine rings is 1. The van der Waals surface area contributed by atoms with Crippen molar-refractivity contribution in [1.82, 2.24) is 4.98 Å². The number of aryl methyl sites for hydroxylation is 1. The van der Waals surface area contributed by atoms with Gasteiger partial charge in [0, 0.05) is 5.92 Å². The molecule has 1 aromatic heterocycles. The molecule has 1 saturated carbocycles. The largest absolute Gasteiger partial charge is 0.231 e. The van der Waals surface area contributed by atoms with Crippen LogP contribution in [0.15, 0.2) is 36.4 Å². The Labute approximate surface area is 161 Å². The Hall–Kier alpha value is -2.21. The predicted octanol–water partition coefficient (Wildman–Crippen LogP) is 6.42. The molecule has 1 fully saturated rings. The zero-order valence-electron chi connectivity index (χ0n) is 16.0. The van der Waals surface area contributed by atoms with Gasteiger partial charge in [-0.1, -0.05) is 55.9 Å². The van der Waals surface area contributed by atoms with Crippen molar-refractivity contribution in [2.24, 2.45) is 5.92 Å². The molecule has 1 nitrogen and oxygen atoms in total. The standard InChI is InChI=1S/C24H27F2N/c1-2-3-4-5-18-6-11-20(12-7-18)21-13-8-19(9-14-21)10-15-22-16-17-23(25)27-24(22)26/h6-7,11-12,16-17,19,21H,2-5,8-9,13-14H2,1H3/t19-,21-. The van der Waals surface area contributed by atoms with Crippen molar-refractivity contribution in [2.75, 3.05) is 0 Å². The Morgan fingerprint density at radius 1 is 0.963 bits per heavy atom. The van der Waals surface area contributed by atoms with Crippen molar-refractivity contribution in [3.8, 4) is 11.8 Å². The first-order valence-electron chi connectivity index (χ1n) is 10.1. The first kappa shape index (κ1) is 19.5. The summed E-state index contributed by atoms with van der Waals surface area (Å²) in [5, 5.41) is 0. The molecule has 0 unspecified atom stereocenters. The Bertz CT molecular complexity index is 793. The summed E-state index contributed by atoms with van der Waals surface area (Å²) >= 11 is 0. The molecular formula is C24H27F2N. The molecule has 3 heteroatoms. The van der Waals surface area contributed by atoms with Crippen LogP contribution < -0.4 is 0 Å². The van der Waals surface area contributed by atoms with Crippen molar-refractivity contribution in [3.05, 3.63) is 65.0 Å². The van der Waals surface area contributed by atoms with E-state index in [1.54, 1.807) is 0 Å². The lowest BCUT2D eigenvalue weighted by Crippen LogP contribution is -2.12. The molecule has 0 amide bonds. The van der Waals surface area contributed by atoms with Gasteiger partial charge in [-0.15, -0.1) is 0 Å². The minimum Gasteiger partial charge on any atom is -0.189 e. The topological polar surface area (TPSA) is 12.9 Å². The fourth-order valence-corrected chi connectivity index (χ4v) is 3.79. The third-order valence-electron chi connectivity index (χ3n) is 5.47. The van der Waals surface area contributed by atoms with Crippen LogP contribution in [0, 0.1) is 29.7 Å². The third-order valence-corrected chi connectivity index (χ3v) is 5.47. The Kier molecular flexibility index (Phi) is 6.98. The van der Waals surface area contributed by atoms with Crippen LogP contribution in [0.1, 0.15) is 74.5 Å². The zero-order chi connectivity index (χ0) is 19.1. The maximum atomic E-state index is 13.6. The molecule has 2 aromatic rings. The second-order valence-electron chi connectivity index (χ2n) is 7.49. The first-order valence-corrected chi connectivity index (χ1v) is 10.1. The van der Waals surface area contributed by atoms with Crippen molar-refractivity contribution in [3.63, 3.8) is 0 Å². The van der Waals surface area contributed by atoms with E-state index in [-0.39, 0.29) is 11.5 Å². The molecular weight excluding hydrogens is 340 g/mol. The van der Waals surface area contributed by atoms with Gasteiger partial charge in [0.15, 0.2) is 0 Å². The molecule has 0 N–H and O–H groups in total. The van der Waals surface area contributed by atoms with E-state index in [9.17, 15) is 8.78 Å². The van der Waals surface area contributed by atoms with Crippen LogP contribution in [0.25, 0.3) is 0 Å².